The standard InChI is InChI=1S/C11H10NO/c1-13-11-7-3-2-5-9(11)10-6-4-8-12-10/h2-8,12H,1H2. The van der Waals surface area contributed by atoms with Crippen molar-refractivity contribution in [2.24, 2.45) is 0 Å². The molecular formula is C11H10NO. The highest BCUT2D eigenvalue weighted by molar-refractivity contribution is 5.67. The second kappa shape index (κ2) is 3.35. The molecule has 0 amide bonds. The molecule has 0 fully saturated rings. The Balaban J connectivity index is 2.51. The third kappa shape index (κ3) is 1.43. The summed E-state index contributed by atoms with van der Waals surface area (Å²) in [5, 5.41) is 0. The molecule has 1 aromatic carbocycles. The average Bonchev–Trinajstić information content (AvgIpc) is 2.70. The summed E-state index contributed by atoms with van der Waals surface area (Å²) in [5.74, 6) is 0.782. The highest BCUT2D eigenvalue weighted by Gasteiger charge is 2.03. The van der Waals surface area contributed by atoms with Gasteiger partial charge in [0.25, 0.3) is 0 Å². The Morgan fingerprint density at radius 1 is 1.08 bits per heavy atom. The van der Waals surface area contributed by atoms with E-state index in [0.29, 0.717) is 0 Å². The average molecular weight is 172 g/mol. The molecule has 2 aromatic rings. The number of rotatable bonds is 2. The first-order valence-electron chi connectivity index (χ1n) is 4.06. The lowest BCUT2D eigenvalue weighted by molar-refractivity contribution is 0.474. The van der Waals surface area contributed by atoms with E-state index in [9.17, 15) is 0 Å². The molecule has 0 bridgehead atoms. The van der Waals surface area contributed by atoms with Crippen molar-refractivity contribution in [1.82, 2.24) is 4.98 Å². The van der Waals surface area contributed by atoms with Crippen LogP contribution >= 0.6 is 0 Å². The quantitative estimate of drug-likeness (QED) is 0.740. The fourth-order valence-corrected chi connectivity index (χ4v) is 1.31. The lowest BCUT2D eigenvalue weighted by Gasteiger charge is -2.05. The summed E-state index contributed by atoms with van der Waals surface area (Å²) in [5.41, 5.74) is 2.07. The van der Waals surface area contributed by atoms with Gasteiger partial charge in [0.05, 0.1) is 0 Å². The third-order valence-corrected chi connectivity index (χ3v) is 1.93. The van der Waals surface area contributed by atoms with Crippen molar-refractivity contribution in [3.63, 3.8) is 0 Å². The highest BCUT2D eigenvalue weighted by Crippen LogP contribution is 2.27. The number of ether oxygens (including phenoxy) is 1. The summed E-state index contributed by atoms with van der Waals surface area (Å²) < 4.78 is 5.00. The second-order valence-corrected chi connectivity index (χ2v) is 2.72. The van der Waals surface area contributed by atoms with Gasteiger partial charge in [-0.2, -0.15) is 0 Å². The first-order valence-corrected chi connectivity index (χ1v) is 4.06. The van der Waals surface area contributed by atoms with E-state index in [-0.39, 0.29) is 0 Å². The maximum Gasteiger partial charge on any atom is 0.128 e. The maximum atomic E-state index is 5.00. The lowest BCUT2D eigenvalue weighted by Crippen LogP contribution is -1.84. The SMILES string of the molecule is [CH2]Oc1ccccc1-c1ccc[nH]1. The van der Waals surface area contributed by atoms with Crippen LogP contribution in [0.4, 0.5) is 0 Å². The molecular weight excluding hydrogens is 162 g/mol. The zero-order valence-electron chi connectivity index (χ0n) is 7.16. The van der Waals surface area contributed by atoms with Crippen molar-refractivity contribution in [1.29, 1.82) is 0 Å². The minimum Gasteiger partial charge on any atom is -0.489 e. The molecule has 65 valence electrons. The predicted molar refractivity (Wildman–Crippen MR) is 52.2 cm³/mol. The molecule has 0 saturated carbocycles. The highest BCUT2D eigenvalue weighted by atomic mass is 16.5. The van der Waals surface area contributed by atoms with Crippen molar-refractivity contribution in [3.05, 3.63) is 49.7 Å². The molecule has 0 aliphatic carbocycles. The van der Waals surface area contributed by atoms with Crippen LogP contribution in [0, 0.1) is 7.11 Å². The van der Waals surface area contributed by atoms with Gasteiger partial charge in [-0.25, -0.2) is 0 Å². The van der Waals surface area contributed by atoms with Crippen molar-refractivity contribution in [3.8, 4) is 17.0 Å². The van der Waals surface area contributed by atoms with E-state index >= 15 is 0 Å². The van der Waals surface area contributed by atoms with E-state index in [0.717, 1.165) is 17.0 Å². The Bertz CT molecular complexity index is 379. The summed E-state index contributed by atoms with van der Waals surface area (Å²) in [6, 6.07) is 11.7. The van der Waals surface area contributed by atoms with Crippen LogP contribution < -0.4 is 4.74 Å². The third-order valence-electron chi connectivity index (χ3n) is 1.93. The molecule has 2 heteroatoms. The van der Waals surface area contributed by atoms with Gasteiger partial charge in [0.15, 0.2) is 0 Å². The molecule has 0 saturated heterocycles. The summed E-state index contributed by atoms with van der Waals surface area (Å²) in [6.07, 6.45) is 1.88. The van der Waals surface area contributed by atoms with E-state index < -0.39 is 0 Å². The number of para-hydroxylation sites is 1. The van der Waals surface area contributed by atoms with Gasteiger partial charge < -0.3 is 9.72 Å². The Labute approximate surface area is 77.2 Å². The van der Waals surface area contributed by atoms with E-state index in [1.165, 1.54) is 0 Å². The van der Waals surface area contributed by atoms with Gasteiger partial charge in [0.2, 0.25) is 0 Å². The molecule has 0 aliphatic heterocycles. The molecule has 1 N–H and O–H groups in total. The molecule has 0 atom stereocenters. The van der Waals surface area contributed by atoms with Gasteiger partial charge in [-0.3, -0.25) is 0 Å². The smallest absolute Gasteiger partial charge is 0.128 e. The monoisotopic (exact) mass is 172 g/mol. The second-order valence-electron chi connectivity index (χ2n) is 2.72. The molecule has 1 heterocycles. The number of aromatic amines is 1. The fraction of sp³-hybridized carbons (Fsp3) is 0. The topological polar surface area (TPSA) is 25.0 Å². The number of H-pyrrole nitrogens is 1. The molecule has 1 aromatic heterocycles. The van der Waals surface area contributed by atoms with Crippen LogP contribution in [0.2, 0.25) is 0 Å². The molecule has 0 spiro atoms. The van der Waals surface area contributed by atoms with Crippen molar-refractivity contribution in [2.75, 3.05) is 0 Å². The largest absolute Gasteiger partial charge is 0.489 e. The van der Waals surface area contributed by atoms with Crippen molar-refractivity contribution >= 4 is 0 Å². The Hall–Kier alpha value is -1.70. The fourth-order valence-electron chi connectivity index (χ4n) is 1.31. The van der Waals surface area contributed by atoms with Gasteiger partial charge >= 0.3 is 0 Å². The normalized spacial score (nSPS) is 9.92. The van der Waals surface area contributed by atoms with Crippen LogP contribution in [0.1, 0.15) is 0 Å². The van der Waals surface area contributed by atoms with E-state index in [2.05, 4.69) is 12.1 Å². The summed E-state index contributed by atoms with van der Waals surface area (Å²) >= 11 is 0. The van der Waals surface area contributed by atoms with Crippen molar-refractivity contribution in [2.45, 2.75) is 0 Å². The lowest BCUT2D eigenvalue weighted by atomic mass is 10.1. The van der Waals surface area contributed by atoms with E-state index in [1.54, 1.807) is 0 Å². The van der Waals surface area contributed by atoms with Gasteiger partial charge in [-0.15, -0.1) is 0 Å². The zero-order chi connectivity index (χ0) is 9.10. The zero-order valence-corrected chi connectivity index (χ0v) is 7.16. The Morgan fingerprint density at radius 2 is 1.92 bits per heavy atom. The van der Waals surface area contributed by atoms with Crippen LogP contribution in [0.5, 0.6) is 5.75 Å². The summed E-state index contributed by atoms with van der Waals surface area (Å²) in [4.78, 5) is 3.12. The van der Waals surface area contributed by atoms with Crippen LogP contribution in [-0.2, 0) is 0 Å². The molecule has 2 rings (SSSR count). The number of hydrogen-bond donors (Lipinski definition) is 1. The number of nitrogens with one attached hydrogen (secondary N) is 1. The minimum absolute atomic E-state index is 0.782. The van der Waals surface area contributed by atoms with Crippen LogP contribution in [0.15, 0.2) is 42.6 Å². The summed E-state index contributed by atoms with van der Waals surface area (Å²) in [7, 11) is 3.41. The molecule has 13 heavy (non-hydrogen) atoms. The van der Waals surface area contributed by atoms with Gasteiger partial charge in [0, 0.05) is 17.5 Å². The van der Waals surface area contributed by atoms with E-state index in [4.69, 9.17) is 4.74 Å². The Morgan fingerprint density at radius 3 is 2.62 bits per heavy atom. The molecule has 1 radical (unpaired) electrons. The van der Waals surface area contributed by atoms with Gasteiger partial charge in [-0.05, 0) is 24.3 Å². The first kappa shape index (κ1) is 7.92. The van der Waals surface area contributed by atoms with Gasteiger partial charge in [-0.1, -0.05) is 12.1 Å². The minimum atomic E-state index is 0.782. The number of hydrogen-bond acceptors (Lipinski definition) is 1. The molecule has 2 nitrogen and oxygen atoms in total. The predicted octanol–water partition coefficient (Wildman–Crippen LogP) is 2.85. The molecule has 0 unspecified atom stereocenters. The van der Waals surface area contributed by atoms with Crippen molar-refractivity contribution < 1.29 is 4.74 Å². The maximum absolute atomic E-state index is 5.00. The number of benzene rings is 1. The van der Waals surface area contributed by atoms with Crippen LogP contribution in [0.3, 0.4) is 0 Å². The molecule has 0 aliphatic rings. The first-order chi connectivity index (χ1) is 6.42. The van der Waals surface area contributed by atoms with Crippen LogP contribution in [-0.4, -0.2) is 4.98 Å². The van der Waals surface area contributed by atoms with E-state index in [1.807, 2.05) is 42.6 Å². The Kier molecular flexibility index (Phi) is 2.04. The number of aromatic nitrogens is 1. The summed E-state index contributed by atoms with van der Waals surface area (Å²) in [6.45, 7) is 0. The van der Waals surface area contributed by atoms with Crippen LogP contribution in [0.25, 0.3) is 11.3 Å². The van der Waals surface area contributed by atoms with Gasteiger partial charge in [0.1, 0.15) is 12.9 Å².